The number of hydrogen-bond acceptors (Lipinski definition) is 5. The van der Waals surface area contributed by atoms with Crippen molar-refractivity contribution >= 4 is 16.9 Å². The van der Waals surface area contributed by atoms with E-state index in [1.807, 2.05) is 30.5 Å². The molecule has 0 radical (unpaired) electrons. The van der Waals surface area contributed by atoms with E-state index in [0.29, 0.717) is 5.92 Å². The van der Waals surface area contributed by atoms with Crippen molar-refractivity contribution in [2.24, 2.45) is 0 Å². The van der Waals surface area contributed by atoms with Crippen LogP contribution in [-0.4, -0.2) is 38.2 Å². The van der Waals surface area contributed by atoms with Crippen LogP contribution < -0.4 is 10.6 Å². The highest BCUT2D eigenvalue weighted by atomic mass is 16.1. The van der Waals surface area contributed by atoms with Gasteiger partial charge in [-0.3, -0.25) is 9.97 Å². The Morgan fingerprint density at radius 2 is 1.91 bits per heavy atom. The number of para-hydroxylation sites is 2. The normalized spacial score (nSPS) is 16.3. The zero-order valence-electron chi connectivity index (χ0n) is 12.0. The summed E-state index contributed by atoms with van der Waals surface area (Å²) in [5, 5.41) is 6.47. The van der Waals surface area contributed by atoms with Crippen LogP contribution in [0.25, 0.3) is 11.0 Å². The van der Waals surface area contributed by atoms with Crippen LogP contribution in [0.3, 0.4) is 0 Å². The van der Waals surface area contributed by atoms with Crippen molar-refractivity contribution in [1.29, 1.82) is 0 Å². The molecule has 2 aromatic heterocycles. The van der Waals surface area contributed by atoms with Crippen molar-refractivity contribution in [3.05, 3.63) is 46.8 Å². The number of benzene rings is 1. The van der Waals surface area contributed by atoms with E-state index in [2.05, 4.69) is 30.0 Å². The molecule has 0 spiro atoms. The number of nitrogens with one attached hydrogen (secondary N) is 2. The maximum absolute atomic E-state index is 11.1. The molecule has 3 heterocycles. The molecule has 1 aliphatic heterocycles. The van der Waals surface area contributed by atoms with Crippen LogP contribution in [0, 0.1) is 0 Å². The molecule has 7 nitrogen and oxygen atoms in total. The second-order valence-electron chi connectivity index (χ2n) is 5.54. The molecule has 22 heavy (non-hydrogen) atoms. The topological polar surface area (TPSA) is 90.6 Å². The summed E-state index contributed by atoms with van der Waals surface area (Å²) in [5.74, 6) is 1.96. The summed E-state index contributed by atoms with van der Waals surface area (Å²) in [6.07, 6.45) is 3.71. The van der Waals surface area contributed by atoms with E-state index in [9.17, 15) is 4.79 Å². The average Bonchev–Trinajstić information content (AvgIpc) is 3.01. The second-order valence-corrected chi connectivity index (χ2v) is 5.54. The molecular formula is C15H16N6O. The number of piperidine rings is 1. The van der Waals surface area contributed by atoms with Gasteiger partial charge in [0, 0.05) is 19.0 Å². The lowest BCUT2D eigenvalue weighted by Crippen LogP contribution is -2.34. The fourth-order valence-electron chi connectivity index (χ4n) is 2.96. The average molecular weight is 296 g/mol. The number of H-pyrrole nitrogens is 2. The first-order valence-electron chi connectivity index (χ1n) is 7.41. The van der Waals surface area contributed by atoms with E-state index in [0.717, 1.165) is 48.6 Å². The van der Waals surface area contributed by atoms with Gasteiger partial charge in [0.05, 0.1) is 17.2 Å². The van der Waals surface area contributed by atoms with Crippen LogP contribution in [0.2, 0.25) is 0 Å². The van der Waals surface area contributed by atoms with Gasteiger partial charge in [0.1, 0.15) is 11.6 Å². The summed E-state index contributed by atoms with van der Waals surface area (Å²) in [4.78, 5) is 25.3. The Bertz CT molecular complexity index is 846. The van der Waals surface area contributed by atoms with Gasteiger partial charge in [0.25, 0.3) is 0 Å². The second kappa shape index (κ2) is 5.25. The number of nitrogens with zero attached hydrogens (tertiary/aromatic N) is 4. The van der Waals surface area contributed by atoms with Crippen LogP contribution in [-0.2, 0) is 0 Å². The van der Waals surface area contributed by atoms with Gasteiger partial charge in [0.2, 0.25) is 0 Å². The summed E-state index contributed by atoms with van der Waals surface area (Å²) < 4.78 is 0. The molecule has 0 saturated carbocycles. The molecule has 0 amide bonds. The number of fused-ring (bicyclic) bond motifs is 1. The van der Waals surface area contributed by atoms with Crippen LogP contribution in [0.15, 0.2) is 35.3 Å². The third-order valence-electron chi connectivity index (χ3n) is 4.16. The number of hydrogen-bond donors (Lipinski definition) is 2. The molecule has 0 atom stereocenters. The smallest absolute Gasteiger partial charge is 0.340 e. The highest BCUT2D eigenvalue weighted by Crippen LogP contribution is 2.27. The molecule has 1 saturated heterocycles. The lowest BCUT2D eigenvalue weighted by atomic mass is 9.96. The summed E-state index contributed by atoms with van der Waals surface area (Å²) in [6.45, 7) is 1.76. The van der Waals surface area contributed by atoms with Gasteiger partial charge in [0.15, 0.2) is 0 Å². The molecule has 112 valence electrons. The standard InChI is InChI=1S/C15H16N6O/c22-15-18-14(19-20-15)10-5-7-21(8-6-10)13-9-16-11-3-1-2-4-12(11)17-13/h1-4,9-10H,5-8H2,(H2,18,19,20,22). The molecule has 0 unspecified atom stereocenters. The van der Waals surface area contributed by atoms with Crippen LogP contribution in [0.5, 0.6) is 0 Å². The number of rotatable bonds is 2. The van der Waals surface area contributed by atoms with Crippen molar-refractivity contribution < 1.29 is 0 Å². The van der Waals surface area contributed by atoms with E-state index in [1.165, 1.54) is 0 Å². The van der Waals surface area contributed by atoms with E-state index < -0.39 is 0 Å². The Labute approximate surface area is 126 Å². The van der Waals surface area contributed by atoms with Crippen LogP contribution >= 0.6 is 0 Å². The number of anilines is 1. The monoisotopic (exact) mass is 296 g/mol. The summed E-state index contributed by atoms with van der Waals surface area (Å²) in [7, 11) is 0. The van der Waals surface area contributed by atoms with Gasteiger partial charge < -0.3 is 4.90 Å². The molecule has 1 fully saturated rings. The zero-order valence-corrected chi connectivity index (χ0v) is 12.0. The number of aromatic amines is 2. The van der Waals surface area contributed by atoms with Crippen LogP contribution in [0.4, 0.5) is 5.82 Å². The third-order valence-corrected chi connectivity index (χ3v) is 4.16. The van der Waals surface area contributed by atoms with E-state index in [-0.39, 0.29) is 5.69 Å². The van der Waals surface area contributed by atoms with Gasteiger partial charge in [-0.1, -0.05) is 12.1 Å². The maximum atomic E-state index is 11.1. The predicted octanol–water partition coefficient (Wildman–Crippen LogP) is 1.43. The minimum Gasteiger partial charge on any atom is -0.355 e. The molecular weight excluding hydrogens is 280 g/mol. The van der Waals surface area contributed by atoms with Crippen molar-refractivity contribution in [3.63, 3.8) is 0 Å². The van der Waals surface area contributed by atoms with E-state index >= 15 is 0 Å². The van der Waals surface area contributed by atoms with Gasteiger partial charge in [-0.15, -0.1) is 0 Å². The highest BCUT2D eigenvalue weighted by molar-refractivity contribution is 5.75. The first-order chi connectivity index (χ1) is 10.8. The summed E-state index contributed by atoms with van der Waals surface area (Å²) >= 11 is 0. The van der Waals surface area contributed by atoms with Crippen molar-refractivity contribution in [2.45, 2.75) is 18.8 Å². The fourth-order valence-corrected chi connectivity index (χ4v) is 2.96. The quantitative estimate of drug-likeness (QED) is 0.746. The van der Waals surface area contributed by atoms with Gasteiger partial charge in [-0.25, -0.2) is 14.9 Å². The Balaban J connectivity index is 1.51. The Kier molecular flexibility index (Phi) is 3.10. The molecule has 1 aromatic carbocycles. The van der Waals surface area contributed by atoms with Crippen molar-refractivity contribution in [3.8, 4) is 0 Å². The van der Waals surface area contributed by atoms with Crippen molar-refractivity contribution in [2.75, 3.05) is 18.0 Å². The van der Waals surface area contributed by atoms with Gasteiger partial charge in [-0.2, -0.15) is 5.10 Å². The fraction of sp³-hybridized carbons (Fsp3) is 0.333. The third kappa shape index (κ3) is 2.34. The molecule has 3 aromatic rings. The lowest BCUT2D eigenvalue weighted by molar-refractivity contribution is 0.484. The van der Waals surface area contributed by atoms with Gasteiger partial charge in [-0.05, 0) is 25.0 Å². The molecule has 7 heteroatoms. The first-order valence-corrected chi connectivity index (χ1v) is 7.41. The summed E-state index contributed by atoms with van der Waals surface area (Å²) in [6, 6.07) is 7.88. The van der Waals surface area contributed by atoms with E-state index in [4.69, 9.17) is 0 Å². The maximum Gasteiger partial charge on any atom is 0.340 e. The molecule has 2 N–H and O–H groups in total. The molecule has 4 rings (SSSR count). The van der Waals surface area contributed by atoms with Crippen molar-refractivity contribution in [1.82, 2.24) is 25.1 Å². The van der Waals surface area contributed by atoms with E-state index in [1.54, 1.807) is 0 Å². The van der Waals surface area contributed by atoms with Crippen LogP contribution in [0.1, 0.15) is 24.6 Å². The Hall–Kier alpha value is -2.70. The molecule has 0 aliphatic carbocycles. The number of aromatic nitrogens is 5. The Morgan fingerprint density at radius 3 is 2.64 bits per heavy atom. The summed E-state index contributed by atoms with van der Waals surface area (Å²) in [5.41, 5.74) is 1.59. The Morgan fingerprint density at radius 1 is 1.14 bits per heavy atom. The highest BCUT2D eigenvalue weighted by Gasteiger charge is 2.24. The largest absolute Gasteiger partial charge is 0.355 e. The SMILES string of the molecule is O=c1[nH]nc(C2CCN(c3cnc4ccccc4n3)CC2)[nH]1. The zero-order chi connectivity index (χ0) is 14.9. The van der Waals surface area contributed by atoms with Gasteiger partial charge >= 0.3 is 5.69 Å². The molecule has 1 aliphatic rings. The predicted molar refractivity (Wildman–Crippen MR) is 82.9 cm³/mol. The molecule has 0 bridgehead atoms. The minimum absolute atomic E-state index is 0.238. The first kappa shape index (κ1) is 13.0. The minimum atomic E-state index is -0.238. The lowest BCUT2D eigenvalue weighted by Gasteiger charge is -2.31.